The first-order valence-electron chi connectivity index (χ1n) is 8.36. The highest BCUT2D eigenvalue weighted by molar-refractivity contribution is 5.89. The molecule has 2 aromatic carbocycles. The van der Waals surface area contributed by atoms with Gasteiger partial charge in [-0.2, -0.15) is 13.2 Å². The number of ether oxygens (including phenoxy) is 2. The van der Waals surface area contributed by atoms with Crippen LogP contribution >= 0.6 is 0 Å². The molecule has 0 radical (unpaired) electrons. The minimum absolute atomic E-state index is 0.120. The minimum atomic E-state index is -4.33. The standard InChI is InChI=1S/C19H21F3N2O3/c1-2-27-17-9-7-16(8-10-17)24-18(25)23-11-14-3-5-15(6-4-14)12-26-13-19(20,21)22/h3-10H,2,11-13H2,1H3,(H2,23,24,25). The van der Waals surface area contributed by atoms with Gasteiger partial charge in [0.15, 0.2) is 0 Å². The molecule has 0 bridgehead atoms. The molecule has 5 nitrogen and oxygen atoms in total. The average Bonchev–Trinajstić information content (AvgIpc) is 2.62. The molecule has 0 atom stereocenters. The topological polar surface area (TPSA) is 59.6 Å². The molecular formula is C19H21F3N2O3. The lowest BCUT2D eigenvalue weighted by Gasteiger charge is -2.10. The first-order valence-corrected chi connectivity index (χ1v) is 8.36. The normalized spacial score (nSPS) is 11.1. The number of halogens is 3. The number of anilines is 1. The van der Waals surface area contributed by atoms with Gasteiger partial charge in [0.2, 0.25) is 0 Å². The van der Waals surface area contributed by atoms with Gasteiger partial charge in [0.05, 0.1) is 13.2 Å². The summed E-state index contributed by atoms with van der Waals surface area (Å²) in [5.74, 6) is 0.725. The maximum atomic E-state index is 12.0. The van der Waals surface area contributed by atoms with E-state index in [0.717, 1.165) is 11.3 Å². The number of alkyl halides is 3. The highest BCUT2D eigenvalue weighted by atomic mass is 19.4. The van der Waals surface area contributed by atoms with Crippen LogP contribution in [0, 0.1) is 0 Å². The predicted molar refractivity (Wildman–Crippen MR) is 95.6 cm³/mol. The predicted octanol–water partition coefficient (Wildman–Crippen LogP) is 4.49. The van der Waals surface area contributed by atoms with Crippen molar-refractivity contribution in [2.45, 2.75) is 26.3 Å². The van der Waals surface area contributed by atoms with Gasteiger partial charge >= 0.3 is 12.2 Å². The van der Waals surface area contributed by atoms with E-state index in [4.69, 9.17) is 4.74 Å². The lowest BCUT2D eigenvalue weighted by molar-refractivity contribution is -0.176. The van der Waals surface area contributed by atoms with Crippen LogP contribution in [0.15, 0.2) is 48.5 Å². The van der Waals surface area contributed by atoms with Crippen molar-refractivity contribution in [3.8, 4) is 5.75 Å². The zero-order valence-corrected chi connectivity index (χ0v) is 14.8. The van der Waals surface area contributed by atoms with Crippen LogP contribution in [0.1, 0.15) is 18.1 Å². The Bertz CT molecular complexity index is 716. The molecular weight excluding hydrogens is 361 g/mol. The number of carbonyl (C=O) groups excluding carboxylic acids is 1. The molecule has 0 unspecified atom stereocenters. The van der Waals surface area contributed by atoms with Crippen LogP contribution in [0.2, 0.25) is 0 Å². The minimum Gasteiger partial charge on any atom is -0.494 e. The Morgan fingerprint density at radius 1 is 1.00 bits per heavy atom. The smallest absolute Gasteiger partial charge is 0.411 e. The molecule has 0 aliphatic carbocycles. The summed E-state index contributed by atoms with van der Waals surface area (Å²) in [6.45, 7) is 1.35. The summed E-state index contributed by atoms with van der Waals surface area (Å²) >= 11 is 0. The monoisotopic (exact) mass is 382 g/mol. The number of hydrogen-bond acceptors (Lipinski definition) is 3. The fourth-order valence-corrected chi connectivity index (χ4v) is 2.20. The molecule has 0 fully saturated rings. The van der Waals surface area contributed by atoms with E-state index in [-0.39, 0.29) is 19.2 Å². The van der Waals surface area contributed by atoms with Crippen molar-refractivity contribution in [3.63, 3.8) is 0 Å². The Hall–Kier alpha value is -2.74. The van der Waals surface area contributed by atoms with Crippen LogP contribution in [0.3, 0.4) is 0 Å². The van der Waals surface area contributed by atoms with E-state index >= 15 is 0 Å². The van der Waals surface area contributed by atoms with Crippen LogP contribution in [-0.4, -0.2) is 25.4 Å². The van der Waals surface area contributed by atoms with E-state index in [1.165, 1.54) is 0 Å². The van der Waals surface area contributed by atoms with E-state index in [2.05, 4.69) is 15.4 Å². The van der Waals surface area contributed by atoms with E-state index in [1.54, 1.807) is 48.5 Å². The van der Waals surface area contributed by atoms with Crippen molar-refractivity contribution in [2.75, 3.05) is 18.5 Å². The highest BCUT2D eigenvalue weighted by Gasteiger charge is 2.27. The summed E-state index contributed by atoms with van der Waals surface area (Å²) in [6.07, 6.45) is -4.33. The van der Waals surface area contributed by atoms with E-state index < -0.39 is 12.8 Å². The number of urea groups is 1. The first-order chi connectivity index (χ1) is 12.9. The van der Waals surface area contributed by atoms with Crippen molar-refractivity contribution in [3.05, 3.63) is 59.7 Å². The molecule has 2 rings (SSSR count). The molecule has 146 valence electrons. The van der Waals surface area contributed by atoms with Gasteiger partial charge < -0.3 is 20.1 Å². The van der Waals surface area contributed by atoms with Crippen molar-refractivity contribution in [1.29, 1.82) is 0 Å². The van der Waals surface area contributed by atoms with Gasteiger partial charge in [0.25, 0.3) is 0 Å². The number of carbonyl (C=O) groups is 1. The second kappa shape index (κ2) is 9.82. The van der Waals surface area contributed by atoms with Crippen molar-refractivity contribution in [1.82, 2.24) is 5.32 Å². The number of nitrogens with one attached hydrogen (secondary N) is 2. The van der Waals surface area contributed by atoms with Gasteiger partial charge in [-0.15, -0.1) is 0 Å². The molecule has 8 heteroatoms. The zero-order valence-electron chi connectivity index (χ0n) is 14.8. The molecule has 2 aromatic rings. The number of rotatable bonds is 8. The van der Waals surface area contributed by atoms with Crippen LogP contribution in [0.25, 0.3) is 0 Å². The summed E-state index contributed by atoms with van der Waals surface area (Å²) in [4.78, 5) is 11.9. The lowest BCUT2D eigenvalue weighted by Crippen LogP contribution is -2.28. The molecule has 2 N–H and O–H groups in total. The Labute approximate surface area is 155 Å². The lowest BCUT2D eigenvalue weighted by atomic mass is 10.1. The van der Waals surface area contributed by atoms with Crippen LogP contribution in [-0.2, 0) is 17.9 Å². The fraction of sp³-hybridized carbons (Fsp3) is 0.316. The third-order valence-electron chi connectivity index (χ3n) is 3.43. The molecule has 27 heavy (non-hydrogen) atoms. The summed E-state index contributed by atoms with van der Waals surface area (Å²) in [7, 11) is 0. The Kier molecular flexibility index (Phi) is 7.48. The van der Waals surface area contributed by atoms with E-state index in [9.17, 15) is 18.0 Å². The quantitative estimate of drug-likeness (QED) is 0.707. The third-order valence-corrected chi connectivity index (χ3v) is 3.43. The molecule has 0 aliphatic rings. The molecule has 0 saturated carbocycles. The second-order valence-corrected chi connectivity index (χ2v) is 5.69. The fourth-order valence-electron chi connectivity index (χ4n) is 2.20. The van der Waals surface area contributed by atoms with Crippen LogP contribution < -0.4 is 15.4 Å². The van der Waals surface area contributed by atoms with Gasteiger partial charge in [0.1, 0.15) is 12.4 Å². The molecule has 0 spiro atoms. The summed E-state index contributed by atoms with van der Waals surface area (Å²) in [5.41, 5.74) is 2.08. The summed E-state index contributed by atoms with van der Waals surface area (Å²) in [5, 5.41) is 5.41. The number of benzene rings is 2. The van der Waals surface area contributed by atoms with Gasteiger partial charge in [-0.25, -0.2) is 4.79 Å². The van der Waals surface area contributed by atoms with Crippen LogP contribution in [0.4, 0.5) is 23.7 Å². The molecule has 0 saturated heterocycles. The van der Waals surface area contributed by atoms with E-state index in [1.807, 2.05) is 6.92 Å². The van der Waals surface area contributed by atoms with Gasteiger partial charge in [-0.05, 0) is 42.3 Å². The Balaban J connectivity index is 1.74. The zero-order chi connectivity index (χ0) is 19.7. The first kappa shape index (κ1) is 20.6. The average molecular weight is 382 g/mol. The van der Waals surface area contributed by atoms with Crippen molar-refractivity contribution < 1.29 is 27.4 Å². The van der Waals surface area contributed by atoms with Gasteiger partial charge in [-0.1, -0.05) is 24.3 Å². The van der Waals surface area contributed by atoms with Crippen molar-refractivity contribution >= 4 is 11.7 Å². The highest BCUT2D eigenvalue weighted by Crippen LogP contribution is 2.16. The molecule has 0 aliphatic heterocycles. The summed E-state index contributed by atoms with van der Waals surface area (Å²) in [6, 6.07) is 13.4. The van der Waals surface area contributed by atoms with Crippen molar-refractivity contribution in [2.24, 2.45) is 0 Å². The third kappa shape index (κ3) is 8.00. The number of hydrogen-bond donors (Lipinski definition) is 2. The Morgan fingerprint density at radius 2 is 1.63 bits per heavy atom. The van der Waals surface area contributed by atoms with Gasteiger partial charge in [-0.3, -0.25) is 0 Å². The second-order valence-electron chi connectivity index (χ2n) is 5.69. The maximum absolute atomic E-state index is 12.0. The van der Waals surface area contributed by atoms with Gasteiger partial charge in [0, 0.05) is 12.2 Å². The SMILES string of the molecule is CCOc1ccc(NC(=O)NCc2ccc(COCC(F)(F)F)cc2)cc1. The number of amides is 2. The molecule has 2 amide bonds. The molecule has 0 aromatic heterocycles. The maximum Gasteiger partial charge on any atom is 0.411 e. The van der Waals surface area contributed by atoms with E-state index in [0.29, 0.717) is 17.9 Å². The summed E-state index contributed by atoms with van der Waals surface area (Å²) < 4.78 is 46.0. The van der Waals surface area contributed by atoms with Crippen LogP contribution in [0.5, 0.6) is 5.75 Å². The largest absolute Gasteiger partial charge is 0.494 e. The Morgan fingerprint density at radius 3 is 2.22 bits per heavy atom. The molecule has 0 heterocycles.